The van der Waals surface area contributed by atoms with Gasteiger partial charge in [-0.2, -0.15) is 4.98 Å². The maximum Gasteiger partial charge on any atom is 0.316 e. The van der Waals surface area contributed by atoms with Crippen LogP contribution >= 0.6 is 12.4 Å². The number of anilines is 1. The van der Waals surface area contributed by atoms with Gasteiger partial charge in [-0.25, -0.2) is 4.79 Å². The first-order valence-corrected chi connectivity index (χ1v) is 6.25. The third kappa shape index (κ3) is 4.73. The molecule has 0 saturated heterocycles. The molecule has 8 heteroatoms. The number of urea groups is 1. The van der Waals surface area contributed by atoms with Crippen molar-refractivity contribution in [2.45, 2.75) is 19.4 Å². The Hall–Kier alpha value is -2.12. The van der Waals surface area contributed by atoms with Gasteiger partial charge in [0, 0.05) is 23.7 Å². The molecule has 2 amide bonds. The van der Waals surface area contributed by atoms with E-state index >= 15 is 0 Å². The second-order valence-electron chi connectivity index (χ2n) is 4.48. The van der Waals surface area contributed by atoms with Crippen molar-refractivity contribution in [2.24, 2.45) is 5.73 Å². The van der Waals surface area contributed by atoms with Crippen molar-refractivity contribution in [2.75, 3.05) is 12.4 Å². The molecule has 1 aromatic heterocycles. The van der Waals surface area contributed by atoms with Crippen LogP contribution in [0, 0.1) is 0 Å². The van der Waals surface area contributed by atoms with Crippen LogP contribution in [0.5, 0.6) is 0 Å². The van der Waals surface area contributed by atoms with E-state index in [1.807, 2.05) is 14.0 Å². The quantitative estimate of drug-likeness (QED) is 0.780. The van der Waals surface area contributed by atoms with Crippen LogP contribution in [0.1, 0.15) is 12.7 Å². The molecule has 0 spiro atoms. The number of nitrogens with one attached hydrogen (secondary N) is 2. The first-order chi connectivity index (χ1) is 9.58. The zero-order valence-corrected chi connectivity index (χ0v) is 12.6. The van der Waals surface area contributed by atoms with E-state index in [1.54, 1.807) is 24.3 Å². The van der Waals surface area contributed by atoms with Gasteiger partial charge in [0.25, 0.3) is 5.89 Å². The Morgan fingerprint density at radius 2 is 2.05 bits per heavy atom. The van der Waals surface area contributed by atoms with Gasteiger partial charge < -0.3 is 20.9 Å². The van der Waals surface area contributed by atoms with Gasteiger partial charge in [0.2, 0.25) is 0 Å². The summed E-state index contributed by atoms with van der Waals surface area (Å²) in [6, 6.07) is 6.69. The van der Waals surface area contributed by atoms with Crippen LogP contribution in [0.2, 0.25) is 0 Å². The third-order valence-electron chi connectivity index (χ3n) is 2.85. The van der Waals surface area contributed by atoms with Gasteiger partial charge in [0.1, 0.15) is 0 Å². The van der Waals surface area contributed by atoms with E-state index in [4.69, 9.17) is 10.3 Å². The first-order valence-electron chi connectivity index (χ1n) is 6.25. The van der Waals surface area contributed by atoms with E-state index in [0.717, 1.165) is 5.56 Å². The minimum absolute atomic E-state index is 0. The Balaban J connectivity index is 0.00000220. The van der Waals surface area contributed by atoms with Gasteiger partial charge in [-0.05, 0) is 38.2 Å². The van der Waals surface area contributed by atoms with Crippen molar-refractivity contribution in [3.8, 4) is 11.5 Å². The molecule has 21 heavy (non-hydrogen) atoms. The van der Waals surface area contributed by atoms with Crippen LogP contribution in [-0.4, -0.2) is 29.3 Å². The lowest BCUT2D eigenvalue weighted by Crippen LogP contribution is -2.24. The molecule has 4 N–H and O–H groups in total. The summed E-state index contributed by atoms with van der Waals surface area (Å²) >= 11 is 0. The Kier molecular flexibility index (Phi) is 6.13. The van der Waals surface area contributed by atoms with Crippen LogP contribution in [0.15, 0.2) is 28.8 Å². The molecule has 7 nitrogen and oxygen atoms in total. The predicted octanol–water partition coefficient (Wildman–Crippen LogP) is 1.80. The average Bonchev–Trinajstić information content (AvgIpc) is 2.87. The lowest BCUT2D eigenvalue weighted by molar-refractivity contribution is 0.259. The van der Waals surface area contributed by atoms with Crippen molar-refractivity contribution in [1.29, 1.82) is 0 Å². The molecule has 0 radical (unpaired) electrons. The number of amides is 2. The standard InChI is InChI=1S/C13H17N5O2.ClH/c1-8(15-2)7-11-17-12(20-18-11)9-3-5-10(6-4-9)16-13(14)19;/h3-6,8,15H,7H2,1-2H3,(H3,14,16,19);1H. The van der Waals surface area contributed by atoms with E-state index in [2.05, 4.69) is 20.8 Å². The maximum absolute atomic E-state index is 10.7. The smallest absolute Gasteiger partial charge is 0.316 e. The Labute approximate surface area is 128 Å². The zero-order valence-electron chi connectivity index (χ0n) is 11.8. The number of nitrogens with two attached hydrogens (primary N) is 1. The summed E-state index contributed by atoms with van der Waals surface area (Å²) in [6.45, 7) is 2.04. The number of hydrogen-bond donors (Lipinski definition) is 3. The van der Waals surface area contributed by atoms with Crippen LogP contribution in [0.4, 0.5) is 10.5 Å². The summed E-state index contributed by atoms with van der Waals surface area (Å²) in [6.07, 6.45) is 0.696. The molecule has 114 valence electrons. The highest BCUT2D eigenvalue weighted by Gasteiger charge is 2.11. The predicted molar refractivity (Wildman–Crippen MR) is 82.4 cm³/mol. The van der Waals surface area contributed by atoms with E-state index in [-0.39, 0.29) is 18.4 Å². The third-order valence-corrected chi connectivity index (χ3v) is 2.85. The number of carbonyl (C=O) groups is 1. The highest BCUT2D eigenvalue weighted by Crippen LogP contribution is 2.19. The van der Waals surface area contributed by atoms with Gasteiger partial charge in [0.05, 0.1) is 0 Å². The number of primary amides is 1. The van der Waals surface area contributed by atoms with E-state index < -0.39 is 6.03 Å². The number of halogens is 1. The Morgan fingerprint density at radius 1 is 1.38 bits per heavy atom. The monoisotopic (exact) mass is 311 g/mol. The summed E-state index contributed by atoms with van der Waals surface area (Å²) in [4.78, 5) is 15.1. The molecule has 2 aromatic rings. The molecule has 0 saturated carbocycles. The second kappa shape index (κ2) is 7.61. The second-order valence-corrected chi connectivity index (χ2v) is 4.48. The SMILES string of the molecule is CNC(C)Cc1noc(-c2ccc(NC(N)=O)cc2)n1.Cl. The van der Waals surface area contributed by atoms with Crippen LogP contribution in [0.25, 0.3) is 11.5 Å². The zero-order chi connectivity index (χ0) is 14.5. The molecular formula is C13H18ClN5O2. The number of benzene rings is 1. The Morgan fingerprint density at radius 3 is 2.62 bits per heavy atom. The topological polar surface area (TPSA) is 106 Å². The fourth-order valence-electron chi connectivity index (χ4n) is 1.67. The van der Waals surface area contributed by atoms with Crippen molar-refractivity contribution >= 4 is 24.1 Å². The summed E-state index contributed by atoms with van der Waals surface area (Å²) < 4.78 is 5.22. The van der Waals surface area contributed by atoms with E-state index in [0.29, 0.717) is 23.8 Å². The van der Waals surface area contributed by atoms with Crippen molar-refractivity contribution in [3.05, 3.63) is 30.1 Å². The molecular weight excluding hydrogens is 294 g/mol. The molecule has 1 atom stereocenters. The van der Waals surface area contributed by atoms with Gasteiger partial charge in [-0.15, -0.1) is 12.4 Å². The van der Waals surface area contributed by atoms with Crippen molar-refractivity contribution in [1.82, 2.24) is 15.5 Å². The highest BCUT2D eigenvalue weighted by atomic mass is 35.5. The molecule has 0 aliphatic heterocycles. The average molecular weight is 312 g/mol. The largest absolute Gasteiger partial charge is 0.351 e. The molecule has 1 unspecified atom stereocenters. The van der Waals surface area contributed by atoms with Gasteiger partial charge >= 0.3 is 6.03 Å². The van der Waals surface area contributed by atoms with Gasteiger partial charge in [-0.1, -0.05) is 5.16 Å². The highest BCUT2D eigenvalue weighted by molar-refractivity contribution is 5.88. The van der Waals surface area contributed by atoms with Crippen LogP contribution < -0.4 is 16.4 Å². The molecule has 0 bridgehead atoms. The first kappa shape index (κ1) is 16.9. The fraction of sp³-hybridized carbons (Fsp3) is 0.308. The molecule has 0 aliphatic carbocycles. The summed E-state index contributed by atoms with van der Waals surface area (Å²) in [5.41, 5.74) is 6.44. The normalized spacial score (nSPS) is 11.5. The maximum atomic E-state index is 10.7. The van der Waals surface area contributed by atoms with E-state index in [9.17, 15) is 4.79 Å². The van der Waals surface area contributed by atoms with Gasteiger partial charge in [0.15, 0.2) is 5.82 Å². The lowest BCUT2D eigenvalue weighted by atomic mass is 10.2. The fourth-order valence-corrected chi connectivity index (χ4v) is 1.67. The number of hydrogen-bond acceptors (Lipinski definition) is 5. The van der Waals surface area contributed by atoms with Crippen molar-refractivity contribution < 1.29 is 9.32 Å². The summed E-state index contributed by atoms with van der Waals surface area (Å²) in [5.74, 6) is 1.11. The summed E-state index contributed by atoms with van der Waals surface area (Å²) in [5, 5.41) is 9.54. The molecule has 2 rings (SSSR count). The Bertz CT molecular complexity index is 585. The molecule has 1 aromatic carbocycles. The number of rotatable bonds is 5. The van der Waals surface area contributed by atoms with Crippen LogP contribution in [-0.2, 0) is 6.42 Å². The minimum Gasteiger partial charge on any atom is -0.351 e. The van der Waals surface area contributed by atoms with Gasteiger partial charge in [-0.3, -0.25) is 0 Å². The number of carbonyl (C=O) groups excluding carboxylic acids is 1. The van der Waals surface area contributed by atoms with E-state index in [1.165, 1.54) is 0 Å². The minimum atomic E-state index is -0.598. The molecule has 0 fully saturated rings. The molecule has 0 aliphatic rings. The van der Waals surface area contributed by atoms with Crippen LogP contribution in [0.3, 0.4) is 0 Å². The number of aromatic nitrogens is 2. The number of nitrogens with zero attached hydrogens (tertiary/aromatic N) is 2. The molecule has 1 heterocycles. The lowest BCUT2D eigenvalue weighted by Gasteiger charge is -2.04. The summed E-state index contributed by atoms with van der Waals surface area (Å²) in [7, 11) is 1.89. The number of likely N-dealkylation sites (N-methyl/N-ethyl adjacent to an activating group) is 1. The van der Waals surface area contributed by atoms with Crippen molar-refractivity contribution in [3.63, 3.8) is 0 Å².